The Morgan fingerprint density at radius 2 is 2.36 bits per heavy atom. The van der Waals surface area contributed by atoms with E-state index in [1.54, 1.807) is 0 Å². The second-order valence-electron chi connectivity index (χ2n) is 3.99. The highest BCUT2D eigenvalue weighted by atomic mass is 15.1. The van der Waals surface area contributed by atoms with Crippen molar-refractivity contribution >= 4 is 0 Å². The van der Waals surface area contributed by atoms with E-state index in [0.29, 0.717) is 5.92 Å². The highest BCUT2D eigenvalue weighted by molar-refractivity contribution is 4.73. The maximum absolute atomic E-state index is 5.56. The normalized spacial score (nSPS) is 29.2. The molecule has 0 spiro atoms. The van der Waals surface area contributed by atoms with Gasteiger partial charge in [0.05, 0.1) is 0 Å². The topological polar surface area (TPSA) is 29.3 Å². The molecule has 0 bridgehead atoms. The quantitative estimate of drug-likeness (QED) is 0.658. The zero-order chi connectivity index (χ0) is 8.27. The van der Waals surface area contributed by atoms with Gasteiger partial charge in [0.15, 0.2) is 0 Å². The molecule has 0 unspecified atom stereocenters. The Hall–Kier alpha value is -0.0800. The monoisotopic (exact) mass is 156 g/mol. The predicted octanol–water partition coefficient (Wildman–Crippen LogP) is 0.923. The first-order chi connectivity index (χ1) is 5.22. The van der Waals surface area contributed by atoms with Gasteiger partial charge in [0.25, 0.3) is 0 Å². The van der Waals surface area contributed by atoms with Crippen LogP contribution in [0.5, 0.6) is 0 Å². The van der Waals surface area contributed by atoms with Crippen molar-refractivity contribution in [2.45, 2.75) is 20.3 Å². The molecular formula is C9H20N2. The molecule has 0 amide bonds. The van der Waals surface area contributed by atoms with Crippen LogP contribution in [0.2, 0.25) is 0 Å². The van der Waals surface area contributed by atoms with Gasteiger partial charge < -0.3 is 10.6 Å². The summed E-state index contributed by atoms with van der Waals surface area (Å²) in [5.41, 5.74) is 5.56. The van der Waals surface area contributed by atoms with Crippen molar-refractivity contribution in [2.75, 3.05) is 26.2 Å². The zero-order valence-electron chi connectivity index (χ0n) is 7.71. The van der Waals surface area contributed by atoms with Crippen LogP contribution in [0.25, 0.3) is 0 Å². The van der Waals surface area contributed by atoms with Gasteiger partial charge in [-0.25, -0.2) is 0 Å². The second kappa shape index (κ2) is 4.07. The number of rotatable bonds is 3. The van der Waals surface area contributed by atoms with Crippen LogP contribution in [-0.2, 0) is 0 Å². The van der Waals surface area contributed by atoms with Crippen molar-refractivity contribution in [2.24, 2.45) is 17.6 Å². The Morgan fingerprint density at radius 1 is 1.64 bits per heavy atom. The summed E-state index contributed by atoms with van der Waals surface area (Å²) < 4.78 is 0. The second-order valence-corrected chi connectivity index (χ2v) is 3.99. The SMILES string of the molecule is C[C@H](CN)CN1CC[C@@H](C)C1. The van der Waals surface area contributed by atoms with Crippen molar-refractivity contribution < 1.29 is 0 Å². The van der Waals surface area contributed by atoms with Crippen LogP contribution in [0.15, 0.2) is 0 Å². The van der Waals surface area contributed by atoms with Crippen LogP contribution in [-0.4, -0.2) is 31.1 Å². The third kappa shape index (κ3) is 2.80. The summed E-state index contributed by atoms with van der Waals surface area (Å²) in [5, 5.41) is 0. The molecule has 2 heteroatoms. The minimum atomic E-state index is 0.667. The van der Waals surface area contributed by atoms with E-state index < -0.39 is 0 Å². The first-order valence-electron chi connectivity index (χ1n) is 4.64. The summed E-state index contributed by atoms with van der Waals surface area (Å²) in [6.45, 7) is 9.14. The average molecular weight is 156 g/mol. The van der Waals surface area contributed by atoms with Gasteiger partial charge in [0.2, 0.25) is 0 Å². The van der Waals surface area contributed by atoms with Crippen LogP contribution in [0.1, 0.15) is 20.3 Å². The molecule has 0 aromatic heterocycles. The molecular weight excluding hydrogens is 136 g/mol. The first-order valence-corrected chi connectivity index (χ1v) is 4.64. The van der Waals surface area contributed by atoms with Gasteiger partial charge in [-0.15, -0.1) is 0 Å². The molecule has 66 valence electrons. The lowest BCUT2D eigenvalue weighted by atomic mass is 10.1. The van der Waals surface area contributed by atoms with E-state index in [-0.39, 0.29) is 0 Å². The number of hydrogen-bond acceptors (Lipinski definition) is 2. The zero-order valence-corrected chi connectivity index (χ0v) is 7.71. The lowest BCUT2D eigenvalue weighted by Crippen LogP contribution is -2.29. The number of nitrogens with zero attached hydrogens (tertiary/aromatic N) is 1. The highest BCUT2D eigenvalue weighted by Gasteiger charge is 2.19. The fourth-order valence-corrected chi connectivity index (χ4v) is 1.71. The Kier molecular flexibility index (Phi) is 3.34. The summed E-state index contributed by atoms with van der Waals surface area (Å²) in [4.78, 5) is 2.53. The van der Waals surface area contributed by atoms with Crippen molar-refractivity contribution in [1.29, 1.82) is 0 Å². The largest absolute Gasteiger partial charge is 0.330 e. The minimum absolute atomic E-state index is 0.667. The molecule has 2 nitrogen and oxygen atoms in total. The first kappa shape index (κ1) is 9.01. The third-order valence-corrected chi connectivity index (χ3v) is 2.48. The Bertz CT molecular complexity index is 114. The minimum Gasteiger partial charge on any atom is -0.330 e. The van der Waals surface area contributed by atoms with E-state index in [2.05, 4.69) is 18.7 Å². The summed E-state index contributed by atoms with van der Waals surface area (Å²) >= 11 is 0. The van der Waals surface area contributed by atoms with Crippen molar-refractivity contribution in [1.82, 2.24) is 4.90 Å². The van der Waals surface area contributed by atoms with E-state index in [9.17, 15) is 0 Å². The average Bonchev–Trinajstić information content (AvgIpc) is 2.35. The van der Waals surface area contributed by atoms with Crippen LogP contribution in [0, 0.1) is 11.8 Å². The van der Waals surface area contributed by atoms with E-state index in [0.717, 1.165) is 12.5 Å². The van der Waals surface area contributed by atoms with Crippen molar-refractivity contribution in [3.05, 3.63) is 0 Å². The lowest BCUT2D eigenvalue weighted by Gasteiger charge is -2.18. The van der Waals surface area contributed by atoms with E-state index >= 15 is 0 Å². The van der Waals surface area contributed by atoms with Gasteiger partial charge in [0, 0.05) is 13.1 Å². The molecule has 0 aromatic carbocycles. The molecule has 2 atom stereocenters. The lowest BCUT2D eigenvalue weighted by molar-refractivity contribution is 0.283. The number of hydrogen-bond donors (Lipinski definition) is 1. The molecule has 0 aliphatic carbocycles. The predicted molar refractivity (Wildman–Crippen MR) is 48.4 cm³/mol. The van der Waals surface area contributed by atoms with Crippen LogP contribution in [0.3, 0.4) is 0 Å². The Morgan fingerprint density at radius 3 is 2.82 bits per heavy atom. The molecule has 1 fully saturated rings. The summed E-state index contributed by atoms with van der Waals surface area (Å²) in [6, 6.07) is 0. The summed E-state index contributed by atoms with van der Waals surface area (Å²) in [5.74, 6) is 1.57. The molecule has 0 aromatic rings. The van der Waals surface area contributed by atoms with Gasteiger partial charge in [0.1, 0.15) is 0 Å². The maximum Gasteiger partial charge on any atom is 0.00192 e. The fourth-order valence-electron chi connectivity index (χ4n) is 1.71. The van der Waals surface area contributed by atoms with Gasteiger partial charge in [-0.2, -0.15) is 0 Å². The van der Waals surface area contributed by atoms with E-state index in [1.807, 2.05) is 0 Å². The van der Waals surface area contributed by atoms with Crippen molar-refractivity contribution in [3.8, 4) is 0 Å². The molecule has 1 aliphatic heterocycles. The molecule has 1 heterocycles. The summed E-state index contributed by atoms with van der Waals surface area (Å²) in [6.07, 6.45) is 1.37. The molecule has 1 aliphatic rings. The van der Waals surface area contributed by atoms with E-state index in [4.69, 9.17) is 5.73 Å². The molecule has 1 saturated heterocycles. The van der Waals surface area contributed by atoms with E-state index in [1.165, 1.54) is 26.1 Å². The van der Waals surface area contributed by atoms with Crippen LogP contribution >= 0.6 is 0 Å². The van der Waals surface area contributed by atoms with Gasteiger partial charge >= 0.3 is 0 Å². The number of likely N-dealkylation sites (tertiary alicyclic amines) is 1. The fraction of sp³-hybridized carbons (Fsp3) is 1.00. The molecule has 11 heavy (non-hydrogen) atoms. The molecule has 1 rings (SSSR count). The van der Waals surface area contributed by atoms with Crippen molar-refractivity contribution in [3.63, 3.8) is 0 Å². The standard InChI is InChI=1S/C9H20N2/c1-8-3-4-11(6-8)7-9(2)5-10/h8-9H,3-7,10H2,1-2H3/t8-,9-/m1/s1. The van der Waals surface area contributed by atoms with Crippen LogP contribution in [0.4, 0.5) is 0 Å². The summed E-state index contributed by atoms with van der Waals surface area (Å²) in [7, 11) is 0. The Balaban J connectivity index is 2.17. The molecule has 0 radical (unpaired) electrons. The number of nitrogens with two attached hydrogens (primary N) is 1. The third-order valence-electron chi connectivity index (χ3n) is 2.48. The van der Waals surface area contributed by atoms with Gasteiger partial charge in [-0.1, -0.05) is 13.8 Å². The van der Waals surface area contributed by atoms with Crippen LogP contribution < -0.4 is 5.73 Å². The molecule has 0 saturated carbocycles. The Labute approximate surface area is 69.8 Å². The van der Waals surface area contributed by atoms with Gasteiger partial charge in [-0.3, -0.25) is 0 Å². The van der Waals surface area contributed by atoms with Gasteiger partial charge in [-0.05, 0) is 31.3 Å². The highest BCUT2D eigenvalue weighted by Crippen LogP contribution is 2.15. The molecule has 2 N–H and O–H groups in total. The maximum atomic E-state index is 5.56. The smallest absolute Gasteiger partial charge is 0.00192 e.